The summed E-state index contributed by atoms with van der Waals surface area (Å²) in [5.41, 5.74) is 4.98. The molecule has 19 heavy (non-hydrogen) atoms. The van der Waals surface area contributed by atoms with Crippen molar-refractivity contribution in [2.75, 3.05) is 20.1 Å². The molecule has 0 spiro atoms. The molecule has 1 fully saturated rings. The molecule has 0 radical (unpaired) electrons. The van der Waals surface area contributed by atoms with Gasteiger partial charge in [0.2, 0.25) is 5.91 Å². The second-order valence-corrected chi connectivity index (χ2v) is 6.59. The van der Waals surface area contributed by atoms with Crippen LogP contribution in [-0.2, 0) is 4.79 Å². The third kappa shape index (κ3) is 4.77. The topological polar surface area (TPSA) is 58.4 Å². The number of nitrogens with two attached hydrogens (primary N) is 1. The van der Waals surface area contributed by atoms with Gasteiger partial charge >= 0.3 is 0 Å². The minimum Gasteiger partial charge on any atom is -0.368 e. The molecule has 4 unspecified atom stereocenters. The first-order valence-corrected chi connectivity index (χ1v) is 7.55. The standard InChI is InChI=1S/C15H31N3O/c1-6-7-17-15(4,14(16)19)9-12(3)18(5)10-13-8-11(13)2/h11-13,17H,6-10H2,1-5H3,(H2,16,19). The van der Waals surface area contributed by atoms with Gasteiger partial charge in [-0.2, -0.15) is 0 Å². The number of primary amides is 1. The Labute approximate surface area is 118 Å². The summed E-state index contributed by atoms with van der Waals surface area (Å²) >= 11 is 0. The SMILES string of the molecule is CCCNC(C)(CC(C)N(C)CC1CC1C)C(N)=O. The first-order valence-electron chi connectivity index (χ1n) is 7.55. The van der Waals surface area contributed by atoms with Crippen LogP contribution in [0.15, 0.2) is 0 Å². The van der Waals surface area contributed by atoms with Gasteiger partial charge in [0.15, 0.2) is 0 Å². The van der Waals surface area contributed by atoms with E-state index in [1.54, 1.807) is 0 Å². The highest BCUT2D eigenvalue weighted by atomic mass is 16.1. The fourth-order valence-corrected chi connectivity index (χ4v) is 2.61. The minimum atomic E-state index is -0.598. The minimum absolute atomic E-state index is 0.249. The van der Waals surface area contributed by atoms with E-state index in [4.69, 9.17) is 5.73 Å². The van der Waals surface area contributed by atoms with Gasteiger partial charge in [0.25, 0.3) is 0 Å². The first-order chi connectivity index (χ1) is 8.80. The number of hydrogen-bond donors (Lipinski definition) is 2. The Morgan fingerprint density at radius 3 is 2.58 bits per heavy atom. The molecule has 0 aromatic carbocycles. The van der Waals surface area contributed by atoms with Gasteiger partial charge in [0.1, 0.15) is 0 Å². The summed E-state index contributed by atoms with van der Waals surface area (Å²) in [4.78, 5) is 14.1. The Morgan fingerprint density at radius 2 is 2.16 bits per heavy atom. The van der Waals surface area contributed by atoms with Gasteiger partial charge in [0.05, 0.1) is 5.54 Å². The quantitative estimate of drug-likeness (QED) is 0.668. The molecule has 1 rings (SSSR count). The lowest BCUT2D eigenvalue weighted by Gasteiger charge is -2.34. The van der Waals surface area contributed by atoms with Crippen LogP contribution in [0.2, 0.25) is 0 Å². The molecule has 0 saturated heterocycles. The molecule has 112 valence electrons. The normalized spacial score (nSPS) is 27.1. The third-order valence-electron chi connectivity index (χ3n) is 4.56. The smallest absolute Gasteiger partial charge is 0.237 e. The molecule has 0 bridgehead atoms. The zero-order valence-electron chi connectivity index (χ0n) is 13.2. The molecular weight excluding hydrogens is 238 g/mol. The van der Waals surface area contributed by atoms with Crippen LogP contribution < -0.4 is 11.1 Å². The van der Waals surface area contributed by atoms with Crippen molar-refractivity contribution in [3.63, 3.8) is 0 Å². The number of rotatable bonds is 9. The third-order valence-corrected chi connectivity index (χ3v) is 4.56. The summed E-state index contributed by atoms with van der Waals surface area (Å²) in [5, 5.41) is 3.31. The van der Waals surface area contributed by atoms with E-state index in [0.717, 1.165) is 37.8 Å². The molecule has 3 N–H and O–H groups in total. The van der Waals surface area contributed by atoms with Crippen LogP contribution in [0.4, 0.5) is 0 Å². The molecule has 1 amide bonds. The van der Waals surface area contributed by atoms with E-state index in [2.05, 4.69) is 38.0 Å². The van der Waals surface area contributed by atoms with Crippen molar-refractivity contribution in [3.05, 3.63) is 0 Å². The number of nitrogens with zero attached hydrogens (tertiary/aromatic N) is 1. The second-order valence-electron chi connectivity index (χ2n) is 6.59. The average Bonchev–Trinajstić information content (AvgIpc) is 3.01. The van der Waals surface area contributed by atoms with Crippen LogP contribution in [0.1, 0.15) is 47.0 Å². The number of hydrogen-bond acceptors (Lipinski definition) is 3. The lowest BCUT2D eigenvalue weighted by atomic mass is 9.92. The summed E-state index contributed by atoms with van der Waals surface area (Å²) in [6.45, 7) is 10.5. The lowest BCUT2D eigenvalue weighted by molar-refractivity contribution is -0.124. The van der Waals surface area contributed by atoms with Crippen LogP contribution in [-0.4, -0.2) is 42.5 Å². The van der Waals surface area contributed by atoms with Crippen molar-refractivity contribution in [2.45, 2.75) is 58.5 Å². The van der Waals surface area contributed by atoms with Gasteiger partial charge in [-0.05, 0) is 58.5 Å². The average molecular weight is 269 g/mol. The number of carbonyl (C=O) groups is 1. The maximum absolute atomic E-state index is 11.7. The maximum Gasteiger partial charge on any atom is 0.237 e. The Bertz CT molecular complexity index is 308. The van der Waals surface area contributed by atoms with Crippen LogP contribution in [0, 0.1) is 11.8 Å². The molecule has 4 atom stereocenters. The van der Waals surface area contributed by atoms with Crippen LogP contribution in [0.5, 0.6) is 0 Å². The van der Waals surface area contributed by atoms with Gasteiger partial charge < -0.3 is 16.0 Å². The van der Waals surface area contributed by atoms with Gasteiger partial charge in [0, 0.05) is 12.6 Å². The maximum atomic E-state index is 11.7. The van der Waals surface area contributed by atoms with Crippen molar-refractivity contribution < 1.29 is 4.79 Å². The van der Waals surface area contributed by atoms with Crippen LogP contribution in [0.25, 0.3) is 0 Å². The lowest BCUT2D eigenvalue weighted by Crippen LogP contribution is -2.56. The van der Waals surface area contributed by atoms with E-state index in [0.29, 0.717) is 6.04 Å². The predicted molar refractivity (Wildman–Crippen MR) is 79.9 cm³/mol. The second kappa shape index (κ2) is 6.71. The molecule has 4 nitrogen and oxygen atoms in total. The Hall–Kier alpha value is -0.610. The fraction of sp³-hybridized carbons (Fsp3) is 0.933. The fourth-order valence-electron chi connectivity index (χ4n) is 2.61. The highest BCUT2D eigenvalue weighted by Gasteiger charge is 2.36. The van der Waals surface area contributed by atoms with Gasteiger partial charge in [-0.1, -0.05) is 13.8 Å². The molecule has 4 heteroatoms. The zero-order valence-corrected chi connectivity index (χ0v) is 13.2. The summed E-state index contributed by atoms with van der Waals surface area (Å²) in [7, 11) is 2.15. The number of nitrogens with one attached hydrogen (secondary N) is 1. The molecule has 0 heterocycles. The van der Waals surface area contributed by atoms with E-state index < -0.39 is 5.54 Å². The van der Waals surface area contributed by atoms with Crippen molar-refractivity contribution in [1.82, 2.24) is 10.2 Å². The summed E-state index contributed by atoms with van der Waals surface area (Å²) < 4.78 is 0. The Balaban J connectivity index is 2.49. The van der Waals surface area contributed by atoms with E-state index in [-0.39, 0.29) is 5.91 Å². The highest BCUT2D eigenvalue weighted by Crippen LogP contribution is 2.38. The summed E-state index contributed by atoms with van der Waals surface area (Å²) in [6.07, 6.45) is 3.12. The van der Waals surface area contributed by atoms with Gasteiger partial charge in [-0.25, -0.2) is 0 Å². The van der Waals surface area contributed by atoms with E-state index in [9.17, 15) is 4.79 Å². The van der Waals surface area contributed by atoms with Crippen molar-refractivity contribution in [2.24, 2.45) is 17.6 Å². The zero-order chi connectivity index (χ0) is 14.6. The Morgan fingerprint density at radius 1 is 1.58 bits per heavy atom. The van der Waals surface area contributed by atoms with E-state index in [1.807, 2.05) is 6.92 Å². The molecule has 1 aliphatic rings. The van der Waals surface area contributed by atoms with E-state index in [1.165, 1.54) is 6.42 Å². The predicted octanol–water partition coefficient (Wildman–Crippen LogP) is 1.60. The van der Waals surface area contributed by atoms with Crippen LogP contribution in [0.3, 0.4) is 0 Å². The molecule has 1 saturated carbocycles. The Kier molecular flexibility index (Phi) is 5.81. The first kappa shape index (κ1) is 16.4. The number of amides is 1. The highest BCUT2D eigenvalue weighted by molar-refractivity contribution is 5.84. The summed E-state index contributed by atoms with van der Waals surface area (Å²) in [6, 6.07) is 0.356. The van der Waals surface area contributed by atoms with Crippen LogP contribution >= 0.6 is 0 Å². The van der Waals surface area contributed by atoms with Gasteiger partial charge in [-0.3, -0.25) is 4.79 Å². The van der Waals surface area contributed by atoms with Crippen molar-refractivity contribution in [1.29, 1.82) is 0 Å². The molecule has 0 aliphatic heterocycles. The largest absolute Gasteiger partial charge is 0.368 e. The summed E-state index contributed by atoms with van der Waals surface area (Å²) in [5.74, 6) is 1.47. The molecule has 0 aromatic rings. The van der Waals surface area contributed by atoms with Crippen molar-refractivity contribution >= 4 is 5.91 Å². The van der Waals surface area contributed by atoms with Crippen molar-refractivity contribution in [3.8, 4) is 0 Å². The number of carbonyl (C=O) groups excluding carboxylic acids is 1. The molecule has 0 aromatic heterocycles. The monoisotopic (exact) mass is 269 g/mol. The van der Waals surface area contributed by atoms with E-state index >= 15 is 0 Å². The molecular formula is C15H31N3O. The molecule has 1 aliphatic carbocycles. The van der Waals surface area contributed by atoms with Gasteiger partial charge in [-0.15, -0.1) is 0 Å².